The zero-order valence-corrected chi connectivity index (χ0v) is 18.0. The third-order valence-corrected chi connectivity index (χ3v) is 5.70. The largest absolute Gasteiger partial charge is 0.483 e. The second kappa shape index (κ2) is 9.31. The Hall–Kier alpha value is -2.53. The molecule has 2 aromatic rings. The van der Waals surface area contributed by atoms with Gasteiger partial charge < -0.3 is 14.5 Å². The molecule has 1 aliphatic rings. The van der Waals surface area contributed by atoms with Crippen LogP contribution in [0.1, 0.15) is 34.8 Å². The van der Waals surface area contributed by atoms with E-state index in [2.05, 4.69) is 36.9 Å². The van der Waals surface area contributed by atoms with Gasteiger partial charge in [0.25, 0.3) is 5.91 Å². The summed E-state index contributed by atoms with van der Waals surface area (Å²) in [5.74, 6) is 0.274. The van der Waals surface area contributed by atoms with Crippen molar-refractivity contribution in [1.82, 2.24) is 4.90 Å². The Morgan fingerprint density at radius 3 is 2.48 bits per heavy atom. The maximum Gasteiger partial charge on any atom is 0.260 e. The van der Waals surface area contributed by atoms with Gasteiger partial charge >= 0.3 is 0 Å². The molecule has 1 fully saturated rings. The van der Waals surface area contributed by atoms with E-state index >= 15 is 0 Å². The minimum atomic E-state index is -0.0882. The maximum atomic E-state index is 12.6. The fraction of sp³-hybridized carbons (Fsp3) is 0.391. The van der Waals surface area contributed by atoms with E-state index in [1.807, 2.05) is 4.90 Å². The molecule has 3 rings (SSSR count). The van der Waals surface area contributed by atoms with Gasteiger partial charge in [0.2, 0.25) is 0 Å². The monoisotopic (exact) mass is 414 g/mol. The molecule has 6 heteroatoms. The number of hydrogen-bond acceptors (Lipinski definition) is 4. The SMILES string of the molecule is CCC(=O)c1cc(Cl)ccc1OCC(=O)N1CCN(c2cccc(C)c2C)CC1. The van der Waals surface area contributed by atoms with Crippen molar-refractivity contribution in [3.63, 3.8) is 0 Å². The smallest absolute Gasteiger partial charge is 0.260 e. The van der Waals surface area contributed by atoms with Gasteiger partial charge in [0, 0.05) is 43.3 Å². The van der Waals surface area contributed by atoms with Gasteiger partial charge in [-0.1, -0.05) is 30.7 Å². The Morgan fingerprint density at radius 2 is 1.79 bits per heavy atom. The molecule has 0 aromatic heterocycles. The van der Waals surface area contributed by atoms with E-state index in [-0.39, 0.29) is 18.3 Å². The number of hydrogen-bond donors (Lipinski definition) is 0. The van der Waals surface area contributed by atoms with Crippen LogP contribution >= 0.6 is 11.6 Å². The van der Waals surface area contributed by atoms with Crippen molar-refractivity contribution in [2.45, 2.75) is 27.2 Å². The molecule has 0 unspecified atom stereocenters. The van der Waals surface area contributed by atoms with Crippen LogP contribution in [0.15, 0.2) is 36.4 Å². The number of aryl methyl sites for hydroxylation is 1. The number of benzene rings is 2. The predicted molar refractivity (Wildman–Crippen MR) is 116 cm³/mol. The first-order valence-electron chi connectivity index (χ1n) is 9.95. The minimum absolute atomic E-state index is 0.0583. The molecule has 2 aromatic carbocycles. The van der Waals surface area contributed by atoms with Crippen LogP contribution in [0, 0.1) is 13.8 Å². The average molecular weight is 415 g/mol. The van der Waals surface area contributed by atoms with Crippen LogP contribution in [0.2, 0.25) is 5.02 Å². The van der Waals surface area contributed by atoms with E-state index in [0.717, 1.165) is 13.1 Å². The van der Waals surface area contributed by atoms with Gasteiger partial charge in [-0.15, -0.1) is 0 Å². The van der Waals surface area contributed by atoms with Gasteiger partial charge in [0.15, 0.2) is 12.4 Å². The summed E-state index contributed by atoms with van der Waals surface area (Å²) in [5.41, 5.74) is 4.21. The summed E-state index contributed by atoms with van der Waals surface area (Å²) in [7, 11) is 0. The number of nitrogens with zero attached hydrogens (tertiary/aromatic N) is 2. The Kier molecular flexibility index (Phi) is 6.80. The van der Waals surface area contributed by atoms with E-state index in [1.165, 1.54) is 16.8 Å². The van der Waals surface area contributed by atoms with E-state index < -0.39 is 0 Å². The summed E-state index contributed by atoms with van der Waals surface area (Å²) in [6.45, 7) is 8.82. The third-order valence-electron chi connectivity index (χ3n) is 5.46. The zero-order chi connectivity index (χ0) is 21.0. The van der Waals surface area contributed by atoms with Crippen molar-refractivity contribution in [2.24, 2.45) is 0 Å². The van der Waals surface area contributed by atoms with Crippen LogP contribution in [-0.2, 0) is 4.79 Å². The number of carbonyl (C=O) groups is 2. The molecule has 5 nitrogen and oxygen atoms in total. The van der Waals surface area contributed by atoms with Gasteiger partial charge in [-0.05, 0) is 49.2 Å². The van der Waals surface area contributed by atoms with E-state index in [4.69, 9.17) is 16.3 Å². The van der Waals surface area contributed by atoms with Crippen LogP contribution in [0.4, 0.5) is 5.69 Å². The lowest BCUT2D eigenvalue weighted by molar-refractivity contribution is -0.133. The molecule has 0 saturated carbocycles. The molecule has 1 saturated heterocycles. The molecule has 0 aliphatic carbocycles. The summed E-state index contributed by atoms with van der Waals surface area (Å²) in [5, 5.41) is 0.475. The van der Waals surface area contributed by atoms with Gasteiger partial charge in [0.1, 0.15) is 5.75 Å². The lowest BCUT2D eigenvalue weighted by Gasteiger charge is -2.37. The van der Waals surface area contributed by atoms with E-state index in [9.17, 15) is 9.59 Å². The van der Waals surface area contributed by atoms with Crippen LogP contribution in [0.5, 0.6) is 5.75 Å². The average Bonchev–Trinajstić information content (AvgIpc) is 2.74. The summed E-state index contributed by atoms with van der Waals surface area (Å²) in [6.07, 6.45) is 0.352. The second-order valence-corrected chi connectivity index (χ2v) is 7.73. The van der Waals surface area contributed by atoms with Crippen LogP contribution in [0.3, 0.4) is 0 Å². The van der Waals surface area contributed by atoms with E-state index in [0.29, 0.717) is 35.8 Å². The van der Waals surface area contributed by atoms with Crippen molar-refractivity contribution in [2.75, 3.05) is 37.7 Å². The van der Waals surface area contributed by atoms with Crippen molar-refractivity contribution in [3.05, 3.63) is 58.1 Å². The molecule has 1 amide bonds. The lowest BCUT2D eigenvalue weighted by Crippen LogP contribution is -2.50. The fourth-order valence-corrected chi connectivity index (χ4v) is 3.71. The quantitative estimate of drug-likeness (QED) is 0.662. The molecular formula is C23H27ClN2O3. The topological polar surface area (TPSA) is 49.9 Å². The molecule has 1 heterocycles. The number of rotatable bonds is 6. The number of carbonyl (C=O) groups excluding carboxylic acids is 2. The standard InChI is InChI=1S/C23H27ClN2O3/c1-4-21(27)19-14-18(24)8-9-22(19)29-15-23(28)26-12-10-25(11-13-26)20-7-5-6-16(2)17(20)3/h5-9,14H,4,10-13,15H2,1-3H3. The number of Topliss-reactive ketones (excluding diaryl/α,β-unsaturated/α-hetero) is 1. The molecule has 0 spiro atoms. The molecule has 1 aliphatic heterocycles. The number of amides is 1. The normalized spacial score (nSPS) is 14.1. The highest BCUT2D eigenvalue weighted by Crippen LogP contribution is 2.25. The Morgan fingerprint density at radius 1 is 1.07 bits per heavy atom. The first-order chi connectivity index (χ1) is 13.9. The molecule has 29 heavy (non-hydrogen) atoms. The Labute approximate surface area is 177 Å². The fourth-order valence-electron chi connectivity index (χ4n) is 3.54. The zero-order valence-electron chi connectivity index (χ0n) is 17.2. The summed E-state index contributed by atoms with van der Waals surface area (Å²) < 4.78 is 5.69. The number of ketones is 1. The maximum absolute atomic E-state index is 12.6. The molecule has 0 bridgehead atoms. The van der Waals surface area contributed by atoms with Crippen LogP contribution < -0.4 is 9.64 Å². The Balaban J connectivity index is 1.58. The Bertz CT molecular complexity index is 905. The highest BCUT2D eigenvalue weighted by Gasteiger charge is 2.23. The number of halogens is 1. The van der Waals surface area contributed by atoms with Crippen LogP contribution in [-0.4, -0.2) is 49.4 Å². The highest BCUT2D eigenvalue weighted by atomic mass is 35.5. The summed E-state index contributed by atoms with van der Waals surface area (Å²) in [4.78, 5) is 28.9. The van der Waals surface area contributed by atoms with Crippen molar-refractivity contribution >= 4 is 29.0 Å². The van der Waals surface area contributed by atoms with Gasteiger partial charge in [0.05, 0.1) is 5.56 Å². The van der Waals surface area contributed by atoms with Crippen molar-refractivity contribution in [3.8, 4) is 5.75 Å². The first kappa shape index (κ1) is 21.2. The third kappa shape index (κ3) is 4.91. The molecule has 0 atom stereocenters. The number of piperazine rings is 1. The highest BCUT2D eigenvalue weighted by molar-refractivity contribution is 6.31. The predicted octanol–water partition coefficient (Wildman–Crippen LogP) is 4.28. The van der Waals surface area contributed by atoms with Crippen molar-refractivity contribution < 1.29 is 14.3 Å². The molecule has 0 radical (unpaired) electrons. The van der Waals surface area contributed by atoms with Crippen LogP contribution in [0.25, 0.3) is 0 Å². The molecule has 154 valence electrons. The van der Waals surface area contributed by atoms with E-state index in [1.54, 1.807) is 25.1 Å². The number of ether oxygens (including phenoxy) is 1. The van der Waals surface area contributed by atoms with Gasteiger partial charge in [-0.25, -0.2) is 0 Å². The summed E-state index contributed by atoms with van der Waals surface area (Å²) >= 11 is 6.00. The molecular weight excluding hydrogens is 388 g/mol. The van der Waals surface area contributed by atoms with Crippen molar-refractivity contribution in [1.29, 1.82) is 0 Å². The first-order valence-corrected chi connectivity index (χ1v) is 10.3. The molecule has 0 N–H and O–H groups in total. The minimum Gasteiger partial charge on any atom is -0.483 e. The van der Waals surface area contributed by atoms with Gasteiger partial charge in [-0.3, -0.25) is 9.59 Å². The second-order valence-electron chi connectivity index (χ2n) is 7.29. The summed E-state index contributed by atoms with van der Waals surface area (Å²) in [6, 6.07) is 11.2. The lowest BCUT2D eigenvalue weighted by atomic mass is 10.1. The van der Waals surface area contributed by atoms with Gasteiger partial charge in [-0.2, -0.15) is 0 Å². The number of anilines is 1.